The average molecular weight is 391 g/mol. The minimum Gasteiger partial charge on any atom is -0.481 e. The molecular formula is C21H17N3O5. The van der Waals surface area contributed by atoms with E-state index in [0.717, 1.165) is 16.7 Å². The van der Waals surface area contributed by atoms with E-state index in [9.17, 15) is 19.2 Å². The van der Waals surface area contributed by atoms with Crippen molar-refractivity contribution >= 4 is 29.3 Å². The molecule has 8 nitrogen and oxygen atoms in total. The van der Waals surface area contributed by atoms with Crippen molar-refractivity contribution in [2.45, 2.75) is 25.4 Å². The molecule has 0 aliphatic carbocycles. The van der Waals surface area contributed by atoms with Crippen LogP contribution < -0.4 is 15.4 Å². The summed E-state index contributed by atoms with van der Waals surface area (Å²) in [4.78, 5) is 49.9. The Morgan fingerprint density at radius 2 is 1.66 bits per heavy atom. The van der Waals surface area contributed by atoms with Gasteiger partial charge < -0.3 is 15.0 Å². The van der Waals surface area contributed by atoms with Crippen LogP contribution in [0.15, 0.2) is 36.4 Å². The molecule has 8 heteroatoms. The molecule has 1 atom stereocenters. The highest BCUT2D eigenvalue weighted by atomic mass is 16.5. The van der Waals surface area contributed by atoms with E-state index in [2.05, 4.69) is 10.6 Å². The number of anilines is 1. The van der Waals surface area contributed by atoms with Gasteiger partial charge in [0.25, 0.3) is 11.8 Å². The van der Waals surface area contributed by atoms with Crippen LogP contribution in [0.3, 0.4) is 0 Å². The van der Waals surface area contributed by atoms with Gasteiger partial charge in [-0.2, -0.15) is 0 Å². The van der Waals surface area contributed by atoms with Crippen LogP contribution >= 0.6 is 0 Å². The Labute approximate surface area is 165 Å². The molecule has 2 aromatic rings. The first-order valence-corrected chi connectivity index (χ1v) is 9.35. The first kappa shape index (κ1) is 17.4. The summed E-state index contributed by atoms with van der Waals surface area (Å²) in [5.74, 6) is -0.631. The minimum absolute atomic E-state index is 0.0691. The molecule has 1 saturated heterocycles. The van der Waals surface area contributed by atoms with Crippen LogP contribution in [0.25, 0.3) is 11.1 Å². The topological polar surface area (TPSA) is 105 Å². The van der Waals surface area contributed by atoms with E-state index in [-0.39, 0.29) is 37.3 Å². The van der Waals surface area contributed by atoms with Crippen molar-refractivity contribution < 1.29 is 23.9 Å². The van der Waals surface area contributed by atoms with Gasteiger partial charge in [-0.25, -0.2) is 0 Å². The van der Waals surface area contributed by atoms with Crippen molar-refractivity contribution in [3.8, 4) is 16.9 Å². The fourth-order valence-electron chi connectivity index (χ4n) is 4.17. The lowest BCUT2D eigenvalue weighted by Gasteiger charge is -2.29. The molecule has 2 aromatic carbocycles. The molecule has 4 amide bonds. The van der Waals surface area contributed by atoms with Gasteiger partial charge in [-0.3, -0.25) is 24.5 Å². The van der Waals surface area contributed by atoms with Gasteiger partial charge in [0, 0.05) is 24.1 Å². The molecule has 0 radical (unpaired) electrons. The molecule has 1 fully saturated rings. The highest BCUT2D eigenvalue weighted by Gasteiger charge is 2.40. The van der Waals surface area contributed by atoms with Crippen LogP contribution in [0.1, 0.15) is 28.8 Å². The number of hydrogen-bond acceptors (Lipinski definition) is 5. The average Bonchev–Trinajstić information content (AvgIpc) is 3.04. The number of imide groups is 1. The fourth-order valence-corrected chi connectivity index (χ4v) is 4.17. The third-order valence-electron chi connectivity index (χ3n) is 5.51. The lowest BCUT2D eigenvalue weighted by atomic mass is 9.95. The number of para-hydroxylation sites is 1. The lowest BCUT2D eigenvalue weighted by molar-refractivity contribution is -0.137. The molecule has 0 spiro atoms. The Hall–Kier alpha value is -3.68. The molecule has 29 heavy (non-hydrogen) atoms. The third kappa shape index (κ3) is 2.75. The third-order valence-corrected chi connectivity index (χ3v) is 5.51. The van der Waals surface area contributed by atoms with Crippen molar-refractivity contribution in [3.05, 3.63) is 47.5 Å². The molecule has 0 aromatic heterocycles. The second kappa shape index (κ2) is 6.44. The molecule has 3 aliphatic heterocycles. The Morgan fingerprint density at radius 1 is 0.897 bits per heavy atom. The number of ether oxygens (including phenoxy) is 1. The van der Waals surface area contributed by atoms with E-state index < -0.39 is 11.9 Å². The maximum atomic E-state index is 13.0. The number of benzene rings is 2. The second-order valence-electron chi connectivity index (χ2n) is 7.25. The van der Waals surface area contributed by atoms with Crippen molar-refractivity contribution in [1.29, 1.82) is 0 Å². The minimum atomic E-state index is -0.666. The number of nitrogens with one attached hydrogen (secondary N) is 2. The van der Waals surface area contributed by atoms with Gasteiger partial charge in [-0.05, 0) is 29.7 Å². The van der Waals surface area contributed by atoms with Crippen LogP contribution in [0.2, 0.25) is 0 Å². The normalized spacial score (nSPS) is 20.6. The summed E-state index contributed by atoms with van der Waals surface area (Å²) in [7, 11) is 0. The zero-order valence-electron chi connectivity index (χ0n) is 15.4. The van der Waals surface area contributed by atoms with Crippen molar-refractivity contribution in [2.75, 3.05) is 11.9 Å². The van der Waals surface area contributed by atoms with E-state index in [0.29, 0.717) is 23.4 Å². The number of carbonyl (C=O) groups excluding carboxylic acids is 4. The summed E-state index contributed by atoms with van der Waals surface area (Å²) < 4.78 is 5.67. The molecule has 0 bridgehead atoms. The second-order valence-corrected chi connectivity index (χ2v) is 7.25. The molecule has 3 aliphatic rings. The SMILES string of the molecule is O=C1CCC(N2Cc3c(cccc3-c3cccc4c3OCC(=O)N4)C2=O)C(=O)N1. The highest BCUT2D eigenvalue weighted by molar-refractivity contribution is 6.06. The number of carbonyl (C=O) groups is 4. The standard InChI is InChI=1S/C21H17N3O5/c25-17-8-7-16(20(27)23-17)24-9-14-11(3-1-5-13(14)21(24)28)12-4-2-6-15-19(12)29-10-18(26)22-15/h1-6,16H,7-10H2,(H,22,26)(H,23,25,27). The maximum absolute atomic E-state index is 13.0. The number of rotatable bonds is 2. The number of amides is 4. The van der Waals surface area contributed by atoms with Crippen molar-refractivity contribution in [3.63, 3.8) is 0 Å². The van der Waals surface area contributed by atoms with Gasteiger partial charge in [-0.15, -0.1) is 0 Å². The summed E-state index contributed by atoms with van der Waals surface area (Å²) >= 11 is 0. The number of nitrogens with zero attached hydrogens (tertiary/aromatic N) is 1. The van der Waals surface area contributed by atoms with E-state index >= 15 is 0 Å². The summed E-state index contributed by atoms with van der Waals surface area (Å²) in [6, 6.07) is 10.2. The fraction of sp³-hybridized carbons (Fsp3) is 0.238. The van der Waals surface area contributed by atoms with Crippen LogP contribution in [0, 0.1) is 0 Å². The predicted octanol–water partition coefficient (Wildman–Crippen LogP) is 1.45. The number of hydrogen-bond donors (Lipinski definition) is 2. The molecule has 1 unspecified atom stereocenters. The Kier molecular flexibility index (Phi) is 3.87. The largest absolute Gasteiger partial charge is 0.481 e. The van der Waals surface area contributed by atoms with Gasteiger partial charge >= 0.3 is 0 Å². The van der Waals surface area contributed by atoms with E-state index in [1.165, 1.54) is 4.90 Å². The monoisotopic (exact) mass is 391 g/mol. The Bertz CT molecular complexity index is 1090. The number of fused-ring (bicyclic) bond motifs is 2. The summed E-state index contributed by atoms with van der Waals surface area (Å²) in [5.41, 5.74) is 3.51. The van der Waals surface area contributed by atoms with Gasteiger partial charge in [0.2, 0.25) is 11.8 Å². The van der Waals surface area contributed by atoms with Crippen molar-refractivity contribution in [2.24, 2.45) is 0 Å². The molecular weight excluding hydrogens is 374 g/mol. The van der Waals surface area contributed by atoms with Gasteiger partial charge in [0.1, 0.15) is 6.04 Å². The summed E-state index contributed by atoms with van der Waals surface area (Å²) in [6.07, 6.45) is 0.527. The smallest absolute Gasteiger partial charge is 0.262 e. The van der Waals surface area contributed by atoms with Gasteiger partial charge in [0.15, 0.2) is 12.4 Å². The predicted molar refractivity (Wildman–Crippen MR) is 102 cm³/mol. The number of piperidine rings is 1. The summed E-state index contributed by atoms with van der Waals surface area (Å²) in [6.45, 7) is 0.201. The molecule has 5 rings (SSSR count). The summed E-state index contributed by atoms with van der Waals surface area (Å²) in [5, 5.41) is 5.10. The maximum Gasteiger partial charge on any atom is 0.262 e. The van der Waals surface area contributed by atoms with E-state index in [1.807, 2.05) is 18.2 Å². The Balaban J connectivity index is 1.55. The van der Waals surface area contributed by atoms with Crippen LogP contribution in [0.4, 0.5) is 5.69 Å². The van der Waals surface area contributed by atoms with Crippen LogP contribution in [-0.4, -0.2) is 41.2 Å². The highest BCUT2D eigenvalue weighted by Crippen LogP contribution is 2.42. The van der Waals surface area contributed by atoms with Crippen molar-refractivity contribution in [1.82, 2.24) is 10.2 Å². The molecule has 2 N–H and O–H groups in total. The first-order valence-electron chi connectivity index (χ1n) is 9.35. The molecule has 146 valence electrons. The molecule has 3 heterocycles. The Morgan fingerprint density at radius 3 is 2.48 bits per heavy atom. The lowest BCUT2D eigenvalue weighted by Crippen LogP contribution is -2.52. The van der Waals surface area contributed by atoms with E-state index in [4.69, 9.17) is 4.74 Å². The first-order chi connectivity index (χ1) is 14.0. The van der Waals surface area contributed by atoms with Gasteiger partial charge in [-0.1, -0.05) is 24.3 Å². The molecule has 0 saturated carbocycles. The van der Waals surface area contributed by atoms with Crippen LogP contribution in [0.5, 0.6) is 5.75 Å². The van der Waals surface area contributed by atoms with E-state index in [1.54, 1.807) is 18.2 Å². The van der Waals surface area contributed by atoms with Gasteiger partial charge in [0.05, 0.1) is 5.69 Å². The zero-order valence-corrected chi connectivity index (χ0v) is 15.4. The quantitative estimate of drug-likeness (QED) is 0.754. The zero-order chi connectivity index (χ0) is 20.1. The van der Waals surface area contributed by atoms with Crippen LogP contribution in [-0.2, 0) is 20.9 Å².